The number of ether oxygens (including phenoxy) is 1. The van der Waals surface area contributed by atoms with E-state index in [4.69, 9.17) is 4.74 Å². The van der Waals surface area contributed by atoms with Gasteiger partial charge >= 0.3 is 5.97 Å². The van der Waals surface area contributed by atoms with Crippen molar-refractivity contribution in [3.63, 3.8) is 0 Å². The van der Waals surface area contributed by atoms with Gasteiger partial charge in [0.2, 0.25) is 0 Å². The van der Waals surface area contributed by atoms with Gasteiger partial charge in [0, 0.05) is 17.8 Å². The molecular weight excluding hydrogens is 206 g/mol. The molecular formula is C12H17NO3. The molecule has 4 heteroatoms. The maximum Gasteiger partial charge on any atom is 0.325 e. The Morgan fingerprint density at radius 1 is 1.38 bits per heavy atom. The third kappa shape index (κ3) is 3.22. The third-order valence-corrected chi connectivity index (χ3v) is 2.31. The first-order valence-corrected chi connectivity index (χ1v) is 5.34. The van der Waals surface area contributed by atoms with E-state index in [2.05, 4.69) is 0 Å². The Bertz CT molecular complexity index is 393. The normalized spacial score (nSPS) is 10.2. The molecule has 0 aliphatic rings. The van der Waals surface area contributed by atoms with Gasteiger partial charge < -0.3 is 9.30 Å². The summed E-state index contributed by atoms with van der Waals surface area (Å²) < 4.78 is 6.70. The number of Topliss-reactive ketones (excluding diaryl/α,β-unsaturated/α-hetero) is 1. The van der Waals surface area contributed by atoms with Crippen LogP contribution < -0.4 is 0 Å². The molecule has 0 amide bonds. The van der Waals surface area contributed by atoms with Crippen molar-refractivity contribution in [1.29, 1.82) is 0 Å². The molecule has 16 heavy (non-hydrogen) atoms. The number of hydrogen-bond donors (Lipinski definition) is 0. The third-order valence-electron chi connectivity index (χ3n) is 2.31. The van der Waals surface area contributed by atoms with Crippen LogP contribution in [0, 0.1) is 6.92 Å². The highest BCUT2D eigenvalue weighted by atomic mass is 16.5. The lowest BCUT2D eigenvalue weighted by Crippen LogP contribution is -2.17. The van der Waals surface area contributed by atoms with E-state index in [9.17, 15) is 9.59 Å². The van der Waals surface area contributed by atoms with Gasteiger partial charge in [0.25, 0.3) is 0 Å². The standard InChI is InChI=1S/C12H17NO3/c1-4-16-12(15)8-13-9(2)5-6-11(13)7-10(3)14/h5-6H,4,7-8H2,1-3H3. The van der Waals surface area contributed by atoms with Gasteiger partial charge in [0.15, 0.2) is 0 Å². The summed E-state index contributed by atoms with van der Waals surface area (Å²) in [5, 5.41) is 0. The first-order valence-electron chi connectivity index (χ1n) is 5.34. The zero-order chi connectivity index (χ0) is 12.1. The van der Waals surface area contributed by atoms with Crippen molar-refractivity contribution in [2.24, 2.45) is 0 Å². The quantitative estimate of drug-likeness (QED) is 0.710. The number of ketones is 1. The molecule has 0 unspecified atom stereocenters. The molecule has 0 radical (unpaired) electrons. The molecule has 0 fully saturated rings. The maximum atomic E-state index is 11.4. The van der Waals surface area contributed by atoms with Crippen LogP contribution in [-0.4, -0.2) is 22.9 Å². The SMILES string of the molecule is CCOC(=O)Cn1c(C)ccc1CC(C)=O. The average molecular weight is 223 g/mol. The second-order valence-electron chi connectivity index (χ2n) is 3.74. The molecule has 88 valence electrons. The molecule has 0 aliphatic heterocycles. The Balaban J connectivity index is 2.80. The molecule has 0 aromatic carbocycles. The number of hydrogen-bond acceptors (Lipinski definition) is 3. The summed E-state index contributed by atoms with van der Waals surface area (Å²) in [5.74, 6) is -0.185. The molecule has 0 atom stereocenters. The summed E-state index contributed by atoms with van der Waals surface area (Å²) in [6.45, 7) is 5.77. The summed E-state index contributed by atoms with van der Waals surface area (Å²) in [4.78, 5) is 22.4. The molecule has 4 nitrogen and oxygen atoms in total. The molecule has 1 rings (SSSR count). The molecule has 0 bridgehead atoms. The topological polar surface area (TPSA) is 48.3 Å². The second kappa shape index (κ2) is 5.49. The van der Waals surface area contributed by atoms with Crippen LogP contribution in [0.25, 0.3) is 0 Å². The van der Waals surface area contributed by atoms with Gasteiger partial charge in [-0.2, -0.15) is 0 Å². The van der Waals surface area contributed by atoms with E-state index >= 15 is 0 Å². The molecule has 1 aromatic rings. The van der Waals surface area contributed by atoms with Crippen LogP contribution in [0.15, 0.2) is 12.1 Å². The molecule has 1 heterocycles. The molecule has 0 aliphatic carbocycles. The van der Waals surface area contributed by atoms with Gasteiger partial charge in [0.05, 0.1) is 6.61 Å². The van der Waals surface area contributed by atoms with E-state index < -0.39 is 0 Å². The summed E-state index contributed by atoms with van der Waals surface area (Å²) in [7, 11) is 0. The lowest BCUT2D eigenvalue weighted by molar-refractivity contribution is -0.143. The van der Waals surface area contributed by atoms with Gasteiger partial charge in [-0.3, -0.25) is 9.59 Å². The fourth-order valence-corrected chi connectivity index (χ4v) is 1.59. The fraction of sp³-hybridized carbons (Fsp3) is 0.500. The summed E-state index contributed by atoms with van der Waals surface area (Å²) in [5.41, 5.74) is 1.82. The number of carbonyl (C=O) groups excluding carboxylic acids is 2. The minimum atomic E-state index is -0.272. The number of nitrogens with zero attached hydrogens (tertiary/aromatic N) is 1. The fourth-order valence-electron chi connectivity index (χ4n) is 1.59. The molecule has 0 saturated heterocycles. The van der Waals surface area contributed by atoms with Crippen LogP contribution in [0.1, 0.15) is 25.2 Å². The summed E-state index contributed by atoms with van der Waals surface area (Å²) in [6.07, 6.45) is 0.354. The predicted octanol–water partition coefficient (Wildman–Crippen LogP) is 1.49. The smallest absolute Gasteiger partial charge is 0.325 e. The van der Waals surface area contributed by atoms with Crippen molar-refractivity contribution in [3.05, 3.63) is 23.5 Å². The second-order valence-corrected chi connectivity index (χ2v) is 3.74. The van der Waals surface area contributed by atoms with E-state index in [1.807, 2.05) is 23.6 Å². The lowest BCUT2D eigenvalue weighted by atomic mass is 10.2. The Hall–Kier alpha value is -1.58. The highest BCUT2D eigenvalue weighted by Gasteiger charge is 2.11. The summed E-state index contributed by atoms with van der Waals surface area (Å²) >= 11 is 0. The van der Waals surface area contributed by atoms with Crippen molar-refractivity contribution in [2.75, 3.05) is 6.61 Å². The summed E-state index contributed by atoms with van der Waals surface area (Å²) in [6, 6.07) is 3.77. The lowest BCUT2D eigenvalue weighted by Gasteiger charge is -2.09. The molecule has 1 aromatic heterocycles. The highest BCUT2D eigenvalue weighted by molar-refractivity contribution is 5.78. The Morgan fingerprint density at radius 3 is 2.62 bits per heavy atom. The number of aryl methyl sites for hydroxylation is 1. The van der Waals surface area contributed by atoms with Crippen LogP contribution in [0.5, 0.6) is 0 Å². The zero-order valence-electron chi connectivity index (χ0n) is 9.95. The predicted molar refractivity (Wildman–Crippen MR) is 60.2 cm³/mol. The van der Waals surface area contributed by atoms with E-state index in [0.29, 0.717) is 13.0 Å². The van der Waals surface area contributed by atoms with Crippen LogP contribution in [0.4, 0.5) is 0 Å². The van der Waals surface area contributed by atoms with Crippen LogP contribution in [0.3, 0.4) is 0 Å². The maximum absolute atomic E-state index is 11.4. The highest BCUT2D eigenvalue weighted by Crippen LogP contribution is 2.10. The van der Waals surface area contributed by atoms with Gasteiger partial charge in [-0.15, -0.1) is 0 Å². The van der Waals surface area contributed by atoms with Gasteiger partial charge in [0.1, 0.15) is 12.3 Å². The van der Waals surface area contributed by atoms with Gasteiger partial charge in [-0.1, -0.05) is 0 Å². The average Bonchev–Trinajstić information content (AvgIpc) is 2.49. The zero-order valence-corrected chi connectivity index (χ0v) is 9.95. The van der Waals surface area contributed by atoms with Crippen LogP contribution >= 0.6 is 0 Å². The Kier molecular flexibility index (Phi) is 4.28. The number of carbonyl (C=O) groups is 2. The van der Waals surface area contributed by atoms with Gasteiger partial charge in [-0.25, -0.2) is 0 Å². The first kappa shape index (κ1) is 12.5. The van der Waals surface area contributed by atoms with E-state index in [-0.39, 0.29) is 18.3 Å². The minimum Gasteiger partial charge on any atom is -0.465 e. The van der Waals surface area contributed by atoms with E-state index in [1.54, 1.807) is 6.92 Å². The van der Waals surface area contributed by atoms with Gasteiger partial charge in [-0.05, 0) is 32.9 Å². The molecule has 0 spiro atoms. The Morgan fingerprint density at radius 2 is 2.06 bits per heavy atom. The van der Waals surface area contributed by atoms with Crippen LogP contribution in [-0.2, 0) is 27.3 Å². The number of rotatable bonds is 5. The van der Waals surface area contributed by atoms with Crippen molar-refractivity contribution in [1.82, 2.24) is 4.57 Å². The minimum absolute atomic E-state index is 0.0863. The number of aromatic nitrogens is 1. The first-order chi connectivity index (χ1) is 7.54. The monoisotopic (exact) mass is 223 g/mol. The van der Waals surface area contributed by atoms with Crippen molar-refractivity contribution >= 4 is 11.8 Å². The number of esters is 1. The molecule has 0 N–H and O–H groups in total. The van der Waals surface area contributed by atoms with Crippen molar-refractivity contribution < 1.29 is 14.3 Å². The van der Waals surface area contributed by atoms with Crippen LogP contribution in [0.2, 0.25) is 0 Å². The largest absolute Gasteiger partial charge is 0.465 e. The molecule has 0 saturated carbocycles. The van der Waals surface area contributed by atoms with E-state index in [1.165, 1.54) is 6.92 Å². The van der Waals surface area contributed by atoms with Crippen molar-refractivity contribution in [3.8, 4) is 0 Å². The van der Waals surface area contributed by atoms with Crippen molar-refractivity contribution in [2.45, 2.75) is 33.7 Å². The van der Waals surface area contributed by atoms with E-state index in [0.717, 1.165) is 11.4 Å². The Labute approximate surface area is 95.2 Å².